The summed E-state index contributed by atoms with van der Waals surface area (Å²) < 4.78 is 31.6. The van der Waals surface area contributed by atoms with Gasteiger partial charge in [-0.3, -0.25) is 0 Å². The van der Waals surface area contributed by atoms with Gasteiger partial charge in [-0.1, -0.05) is 0 Å². The Labute approximate surface area is 207 Å². The first-order chi connectivity index (χ1) is 16.8. The van der Waals surface area contributed by atoms with Gasteiger partial charge in [0.05, 0.1) is 28.9 Å². The van der Waals surface area contributed by atoms with Crippen LogP contribution in [0.15, 0.2) is 59.2 Å². The zero-order valence-corrected chi connectivity index (χ0v) is 20.9. The molecule has 4 aromatic rings. The Bertz CT molecular complexity index is 1450. The first kappa shape index (κ1) is 23.3. The summed E-state index contributed by atoms with van der Waals surface area (Å²) in [7, 11) is -3.86. The molecular formula is C23H25N7O3S2. The van der Waals surface area contributed by atoms with E-state index in [4.69, 9.17) is 9.88 Å². The highest BCUT2D eigenvalue weighted by Crippen LogP contribution is 2.34. The van der Waals surface area contributed by atoms with E-state index in [1.807, 2.05) is 50.0 Å². The predicted octanol–water partition coefficient (Wildman–Crippen LogP) is 3.60. The number of ether oxygens (including phenoxy) is 1. The Morgan fingerprint density at radius 1 is 1.17 bits per heavy atom. The van der Waals surface area contributed by atoms with Crippen LogP contribution < -0.4 is 20.1 Å². The third kappa shape index (κ3) is 5.14. The Morgan fingerprint density at radius 3 is 2.77 bits per heavy atom. The lowest BCUT2D eigenvalue weighted by Gasteiger charge is -2.28. The van der Waals surface area contributed by atoms with Gasteiger partial charge in [0, 0.05) is 42.6 Å². The largest absolute Gasteiger partial charge is 0.489 e. The van der Waals surface area contributed by atoms with Crippen LogP contribution in [0.3, 0.4) is 0 Å². The zero-order valence-electron chi connectivity index (χ0n) is 19.2. The maximum atomic E-state index is 11.8. The summed E-state index contributed by atoms with van der Waals surface area (Å²) >= 11 is 1.40. The van der Waals surface area contributed by atoms with E-state index in [-0.39, 0.29) is 11.0 Å². The maximum absolute atomic E-state index is 11.8. The molecule has 4 heterocycles. The van der Waals surface area contributed by atoms with Crippen LogP contribution >= 0.6 is 11.3 Å². The molecule has 35 heavy (non-hydrogen) atoms. The van der Waals surface area contributed by atoms with Gasteiger partial charge in [0.25, 0.3) is 0 Å². The van der Waals surface area contributed by atoms with Gasteiger partial charge in [0.2, 0.25) is 10.0 Å². The van der Waals surface area contributed by atoms with E-state index in [0.29, 0.717) is 16.6 Å². The lowest BCUT2D eigenvalue weighted by molar-refractivity contribution is 0.243. The molecule has 1 aromatic carbocycles. The summed E-state index contributed by atoms with van der Waals surface area (Å²) in [4.78, 5) is 15.9. The van der Waals surface area contributed by atoms with Gasteiger partial charge in [-0.2, -0.15) is 0 Å². The number of imidazole rings is 1. The molecule has 0 saturated heterocycles. The zero-order chi connectivity index (χ0) is 24.6. The Hall–Kier alpha value is -3.48. The third-order valence-electron chi connectivity index (χ3n) is 5.50. The fraction of sp³-hybridized carbons (Fsp3) is 0.261. The topological polar surface area (TPSA) is 128 Å². The number of anilines is 3. The predicted molar refractivity (Wildman–Crippen MR) is 135 cm³/mol. The van der Waals surface area contributed by atoms with Crippen molar-refractivity contribution in [2.45, 2.75) is 37.9 Å². The van der Waals surface area contributed by atoms with Gasteiger partial charge >= 0.3 is 0 Å². The van der Waals surface area contributed by atoms with E-state index in [9.17, 15) is 8.42 Å². The number of aromatic nitrogens is 4. The number of nitrogens with one attached hydrogen (secondary N) is 1. The summed E-state index contributed by atoms with van der Waals surface area (Å²) in [6.07, 6.45) is 5.55. The van der Waals surface area contributed by atoms with Gasteiger partial charge in [0.1, 0.15) is 17.4 Å². The molecule has 0 unspecified atom stereocenters. The summed E-state index contributed by atoms with van der Waals surface area (Å²) in [6, 6.07) is 8.46. The summed E-state index contributed by atoms with van der Waals surface area (Å²) in [5.41, 5.74) is 2.12. The molecule has 1 aliphatic heterocycles. The minimum atomic E-state index is -3.86. The highest BCUT2D eigenvalue weighted by atomic mass is 32.2. The molecule has 10 nitrogen and oxygen atoms in total. The van der Waals surface area contributed by atoms with Crippen molar-refractivity contribution in [1.29, 1.82) is 0 Å². The fourth-order valence-electron chi connectivity index (χ4n) is 3.81. The molecule has 0 bridgehead atoms. The number of rotatable bonds is 7. The quantitative estimate of drug-likeness (QED) is 0.385. The molecule has 0 atom stereocenters. The van der Waals surface area contributed by atoms with Crippen LogP contribution in [0.25, 0.3) is 11.3 Å². The number of hydrogen-bond donors (Lipinski definition) is 2. The Balaban J connectivity index is 1.34. The van der Waals surface area contributed by atoms with Crippen LogP contribution in [0.4, 0.5) is 16.6 Å². The number of pyridine rings is 1. The van der Waals surface area contributed by atoms with E-state index < -0.39 is 10.0 Å². The Morgan fingerprint density at radius 2 is 2.03 bits per heavy atom. The number of benzene rings is 1. The number of nitrogens with zero attached hydrogens (tertiary/aromatic N) is 5. The molecular weight excluding hydrogens is 486 g/mol. The fourth-order valence-corrected chi connectivity index (χ4v) is 5.08. The molecule has 5 rings (SSSR count). The minimum absolute atomic E-state index is 0.00661. The number of sulfonamides is 1. The second-order valence-corrected chi connectivity index (χ2v) is 10.8. The van der Waals surface area contributed by atoms with Crippen LogP contribution in [-0.4, -0.2) is 40.6 Å². The van der Waals surface area contributed by atoms with E-state index >= 15 is 0 Å². The van der Waals surface area contributed by atoms with Crippen molar-refractivity contribution in [2.75, 3.05) is 16.8 Å². The summed E-state index contributed by atoms with van der Waals surface area (Å²) in [5.74, 6) is 2.44. The molecule has 182 valence electrons. The van der Waals surface area contributed by atoms with Gasteiger partial charge < -0.3 is 19.5 Å². The van der Waals surface area contributed by atoms with Gasteiger partial charge in [-0.25, -0.2) is 28.5 Å². The van der Waals surface area contributed by atoms with Crippen molar-refractivity contribution in [3.8, 4) is 17.0 Å². The van der Waals surface area contributed by atoms with Crippen molar-refractivity contribution < 1.29 is 13.2 Å². The molecule has 0 aliphatic carbocycles. The number of hydrogen-bond acceptors (Lipinski definition) is 9. The number of thiazole rings is 1. The molecule has 3 aromatic heterocycles. The van der Waals surface area contributed by atoms with E-state index in [0.717, 1.165) is 42.5 Å². The highest BCUT2D eigenvalue weighted by Gasteiger charge is 2.18. The standard InChI is InChI=1S/C23H25N7O3S2/c1-15(2)33-20-5-4-17(35(24,31)32)11-18(20)27-23-28-19(14-34-23)16-3-6-21(26-12-16)30-10-9-29-8-7-25-22(29)13-30/h3-8,11-12,14-15H,9-10,13H2,1-2H3,(H,27,28)(H2,24,31,32). The van der Waals surface area contributed by atoms with E-state index in [1.165, 1.54) is 23.5 Å². The van der Waals surface area contributed by atoms with Crippen LogP contribution in [0.2, 0.25) is 0 Å². The van der Waals surface area contributed by atoms with E-state index in [2.05, 4.69) is 29.7 Å². The first-order valence-corrected chi connectivity index (χ1v) is 13.5. The van der Waals surface area contributed by atoms with Crippen molar-refractivity contribution in [1.82, 2.24) is 19.5 Å². The highest BCUT2D eigenvalue weighted by molar-refractivity contribution is 7.89. The normalized spacial score (nSPS) is 13.7. The lowest BCUT2D eigenvalue weighted by Crippen LogP contribution is -2.34. The van der Waals surface area contributed by atoms with E-state index in [1.54, 1.807) is 6.07 Å². The van der Waals surface area contributed by atoms with Crippen molar-refractivity contribution in [2.24, 2.45) is 5.14 Å². The van der Waals surface area contributed by atoms with Crippen LogP contribution in [0, 0.1) is 0 Å². The van der Waals surface area contributed by atoms with Crippen LogP contribution in [0.1, 0.15) is 19.7 Å². The smallest absolute Gasteiger partial charge is 0.238 e. The van der Waals surface area contributed by atoms with Gasteiger partial charge in [-0.05, 0) is 44.2 Å². The molecule has 12 heteroatoms. The lowest BCUT2D eigenvalue weighted by atomic mass is 10.2. The second-order valence-electron chi connectivity index (χ2n) is 8.40. The molecule has 1 aliphatic rings. The van der Waals surface area contributed by atoms with Crippen LogP contribution in [-0.2, 0) is 23.1 Å². The van der Waals surface area contributed by atoms with Gasteiger partial charge in [0.15, 0.2) is 5.13 Å². The molecule has 0 spiro atoms. The molecule has 0 fully saturated rings. The molecule has 3 N–H and O–H groups in total. The minimum Gasteiger partial charge on any atom is -0.489 e. The molecule has 0 saturated carbocycles. The number of nitrogens with two attached hydrogens (primary N) is 1. The average Bonchev–Trinajstić information content (AvgIpc) is 3.48. The Kier molecular flexibility index (Phi) is 6.17. The number of primary sulfonamides is 1. The van der Waals surface area contributed by atoms with Gasteiger partial charge in [-0.15, -0.1) is 11.3 Å². The maximum Gasteiger partial charge on any atom is 0.238 e. The van der Waals surface area contributed by atoms with Crippen LogP contribution in [0.5, 0.6) is 5.75 Å². The second kappa shape index (κ2) is 9.29. The summed E-state index contributed by atoms with van der Waals surface area (Å²) in [5, 5.41) is 11.0. The third-order valence-corrected chi connectivity index (χ3v) is 7.17. The van der Waals surface area contributed by atoms with Crippen molar-refractivity contribution >= 4 is 38.0 Å². The average molecular weight is 512 g/mol. The monoisotopic (exact) mass is 511 g/mol. The number of fused-ring (bicyclic) bond motifs is 1. The summed E-state index contributed by atoms with van der Waals surface area (Å²) in [6.45, 7) is 6.28. The van der Waals surface area contributed by atoms with Crippen molar-refractivity contribution in [3.05, 3.63) is 60.1 Å². The molecule has 0 amide bonds. The first-order valence-electron chi connectivity index (χ1n) is 11.0. The SMILES string of the molecule is CC(C)Oc1ccc(S(N)(=O)=O)cc1Nc1nc(-c2ccc(N3CCn4ccnc4C3)nc2)cs1. The van der Waals surface area contributed by atoms with Crippen molar-refractivity contribution in [3.63, 3.8) is 0 Å². The molecule has 0 radical (unpaired) electrons.